The molecule has 0 unspecified atom stereocenters. The smallest absolute Gasteiger partial charge is 0.407 e. The Kier molecular flexibility index (Phi) is 17.8. The standard InChI is InChI=1S/C32H64N2O2/c1-7-9-11-12-13-14-15-16-17-18-19-20-21-22-23-24-25-33-30(35)36-29-27-31(3,4)34(26-10-8-2)32(5,6)28-29/h29H,7-28H2,1-6H3,(H,33,35). The number of hydrogen-bond donors (Lipinski definition) is 1. The Morgan fingerprint density at radius 1 is 0.667 bits per heavy atom. The summed E-state index contributed by atoms with van der Waals surface area (Å²) < 4.78 is 5.87. The van der Waals surface area contributed by atoms with E-state index in [-0.39, 0.29) is 23.3 Å². The van der Waals surface area contributed by atoms with E-state index >= 15 is 0 Å². The van der Waals surface area contributed by atoms with E-state index < -0.39 is 0 Å². The maximum Gasteiger partial charge on any atom is 0.407 e. The highest BCUT2D eigenvalue weighted by Gasteiger charge is 2.46. The van der Waals surface area contributed by atoms with E-state index in [9.17, 15) is 4.79 Å². The average molecular weight is 509 g/mol. The summed E-state index contributed by atoms with van der Waals surface area (Å²) in [7, 11) is 0. The zero-order valence-corrected chi connectivity index (χ0v) is 25.4. The first-order valence-corrected chi connectivity index (χ1v) is 15.9. The van der Waals surface area contributed by atoms with Gasteiger partial charge in [0.2, 0.25) is 0 Å². The van der Waals surface area contributed by atoms with Gasteiger partial charge in [-0.2, -0.15) is 0 Å². The van der Waals surface area contributed by atoms with Crippen molar-refractivity contribution in [2.24, 2.45) is 0 Å². The van der Waals surface area contributed by atoms with Crippen molar-refractivity contribution in [1.82, 2.24) is 10.2 Å². The molecule has 0 radical (unpaired) electrons. The lowest BCUT2D eigenvalue weighted by molar-refractivity contribution is -0.0836. The van der Waals surface area contributed by atoms with Crippen LogP contribution in [-0.2, 0) is 4.74 Å². The quantitative estimate of drug-likeness (QED) is 0.157. The molecule has 4 heteroatoms. The first kappa shape index (κ1) is 33.3. The van der Waals surface area contributed by atoms with Gasteiger partial charge in [0, 0.05) is 30.5 Å². The van der Waals surface area contributed by atoms with Crippen molar-refractivity contribution in [3.8, 4) is 0 Å². The minimum Gasteiger partial charge on any atom is -0.446 e. The summed E-state index contributed by atoms with van der Waals surface area (Å²) in [6.07, 6.45) is 25.9. The van der Waals surface area contributed by atoms with E-state index in [4.69, 9.17) is 4.74 Å². The van der Waals surface area contributed by atoms with Crippen molar-refractivity contribution in [2.45, 2.75) is 187 Å². The van der Waals surface area contributed by atoms with Crippen LogP contribution in [0.5, 0.6) is 0 Å². The number of hydrogen-bond acceptors (Lipinski definition) is 3. The zero-order valence-electron chi connectivity index (χ0n) is 25.4. The molecular weight excluding hydrogens is 444 g/mol. The number of piperidine rings is 1. The van der Waals surface area contributed by atoms with E-state index in [1.165, 1.54) is 109 Å². The van der Waals surface area contributed by atoms with Crippen LogP contribution in [0.25, 0.3) is 0 Å². The lowest BCUT2D eigenvalue weighted by Gasteiger charge is -2.55. The van der Waals surface area contributed by atoms with Gasteiger partial charge in [0.1, 0.15) is 6.10 Å². The van der Waals surface area contributed by atoms with Crippen LogP contribution in [0.3, 0.4) is 0 Å². The summed E-state index contributed by atoms with van der Waals surface area (Å²) in [4.78, 5) is 15.0. The molecule has 1 amide bonds. The Bertz CT molecular complexity index is 528. The van der Waals surface area contributed by atoms with Gasteiger partial charge < -0.3 is 10.1 Å². The number of carbonyl (C=O) groups is 1. The fraction of sp³-hybridized carbons (Fsp3) is 0.969. The second-order valence-electron chi connectivity index (χ2n) is 12.8. The first-order valence-electron chi connectivity index (χ1n) is 15.9. The largest absolute Gasteiger partial charge is 0.446 e. The molecule has 0 spiro atoms. The number of carbonyl (C=O) groups excluding carboxylic acids is 1. The molecule has 1 fully saturated rings. The Morgan fingerprint density at radius 2 is 1.06 bits per heavy atom. The highest BCUT2D eigenvalue weighted by atomic mass is 16.6. The van der Waals surface area contributed by atoms with Crippen LogP contribution in [0.2, 0.25) is 0 Å². The molecule has 0 atom stereocenters. The monoisotopic (exact) mass is 508 g/mol. The van der Waals surface area contributed by atoms with E-state index in [1.807, 2.05) is 0 Å². The maximum atomic E-state index is 12.4. The highest BCUT2D eigenvalue weighted by Crippen LogP contribution is 2.39. The molecule has 0 saturated carbocycles. The number of amides is 1. The van der Waals surface area contributed by atoms with E-state index in [0.717, 1.165) is 32.4 Å². The Balaban J connectivity index is 1.99. The molecule has 0 aromatic heterocycles. The highest BCUT2D eigenvalue weighted by molar-refractivity contribution is 5.67. The number of likely N-dealkylation sites (tertiary alicyclic amines) is 1. The van der Waals surface area contributed by atoms with Gasteiger partial charge in [0.15, 0.2) is 0 Å². The Labute approximate surface area is 226 Å². The molecule has 0 aromatic carbocycles. The minimum absolute atomic E-state index is 0.00123. The molecule has 1 rings (SSSR count). The molecule has 0 aliphatic carbocycles. The van der Waals surface area contributed by atoms with Crippen molar-refractivity contribution in [1.29, 1.82) is 0 Å². The Morgan fingerprint density at radius 3 is 1.47 bits per heavy atom. The van der Waals surface area contributed by atoms with Crippen molar-refractivity contribution < 1.29 is 9.53 Å². The molecule has 36 heavy (non-hydrogen) atoms. The van der Waals surface area contributed by atoms with Crippen LogP contribution < -0.4 is 5.32 Å². The van der Waals surface area contributed by atoms with Gasteiger partial charge in [-0.1, -0.05) is 117 Å². The first-order chi connectivity index (χ1) is 17.2. The maximum absolute atomic E-state index is 12.4. The third-order valence-corrected chi connectivity index (χ3v) is 8.22. The van der Waals surface area contributed by atoms with Gasteiger partial charge in [0.25, 0.3) is 0 Å². The lowest BCUT2D eigenvalue weighted by atomic mass is 9.78. The third-order valence-electron chi connectivity index (χ3n) is 8.22. The van der Waals surface area contributed by atoms with Crippen molar-refractivity contribution in [3.63, 3.8) is 0 Å². The van der Waals surface area contributed by atoms with E-state index in [0.29, 0.717) is 0 Å². The normalized spacial score (nSPS) is 17.8. The second-order valence-corrected chi connectivity index (χ2v) is 12.8. The molecule has 1 aliphatic heterocycles. The number of alkyl carbamates (subject to hydrolysis) is 1. The summed E-state index contributed by atoms with van der Waals surface area (Å²) in [5.41, 5.74) is 0.103. The summed E-state index contributed by atoms with van der Waals surface area (Å²) in [6.45, 7) is 15.6. The summed E-state index contributed by atoms with van der Waals surface area (Å²) in [5, 5.41) is 3.00. The van der Waals surface area contributed by atoms with Crippen molar-refractivity contribution >= 4 is 6.09 Å². The molecule has 4 nitrogen and oxygen atoms in total. The second kappa shape index (κ2) is 19.3. The van der Waals surface area contributed by atoms with E-state index in [2.05, 4.69) is 51.8 Å². The van der Waals surface area contributed by atoms with Crippen LogP contribution in [-0.4, -0.2) is 41.3 Å². The number of nitrogens with one attached hydrogen (secondary N) is 1. The molecule has 214 valence electrons. The number of unbranched alkanes of at least 4 members (excludes halogenated alkanes) is 16. The minimum atomic E-state index is -0.227. The predicted octanol–water partition coefficient (Wildman–Crippen LogP) is 9.80. The number of nitrogens with zero attached hydrogens (tertiary/aromatic N) is 1. The van der Waals surface area contributed by atoms with Gasteiger partial charge in [0.05, 0.1) is 0 Å². The fourth-order valence-electron chi connectivity index (χ4n) is 6.29. The van der Waals surface area contributed by atoms with Crippen molar-refractivity contribution in [3.05, 3.63) is 0 Å². The van der Waals surface area contributed by atoms with Crippen LogP contribution in [0.15, 0.2) is 0 Å². The summed E-state index contributed by atoms with van der Waals surface area (Å²) >= 11 is 0. The average Bonchev–Trinajstić information content (AvgIpc) is 2.79. The van der Waals surface area contributed by atoms with Gasteiger partial charge >= 0.3 is 6.09 Å². The van der Waals surface area contributed by atoms with Crippen LogP contribution >= 0.6 is 0 Å². The number of rotatable bonds is 21. The van der Waals surface area contributed by atoms with E-state index in [1.54, 1.807) is 0 Å². The SMILES string of the molecule is CCCCCCCCCCCCCCCCCCNC(=O)OC1CC(C)(C)N(CCCC)C(C)(C)C1. The molecule has 1 N–H and O–H groups in total. The molecule has 0 aromatic rings. The molecule has 1 aliphatic rings. The van der Waals surface area contributed by atoms with Crippen LogP contribution in [0.4, 0.5) is 4.79 Å². The van der Waals surface area contributed by atoms with Gasteiger partial charge in [-0.15, -0.1) is 0 Å². The summed E-state index contributed by atoms with van der Waals surface area (Å²) in [6, 6.07) is 0. The predicted molar refractivity (Wildman–Crippen MR) is 157 cm³/mol. The summed E-state index contributed by atoms with van der Waals surface area (Å²) in [5.74, 6) is 0. The van der Waals surface area contributed by atoms with Crippen LogP contribution in [0, 0.1) is 0 Å². The molecular formula is C32H64N2O2. The van der Waals surface area contributed by atoms with Gasteiger partial charge in [-0.05, 0) is 47.1 Å². The Hall–Kier alpha value is -0.770. The topological polar surface area (TPSA) is 41.6 Å². The molecule has 0 bridgehead atoms. The zero-order chi connectivity index (χ0) is 26.7. The molecule has 1 heterocycles. The number of ether oxygens (including phenoxy) is 1. The van der Waals surface area contributed by atoms with Gasteiger partial charge in [-0.25, -0.2) is 4.79 Å². The van der Waals surface area contributed by atoms with Gasteiger partial charge in [-0.3, -0.25) is 4.90 Å². The molecule has 1 saturated heterocycles. The third kappa shape index (κ3) is 14.8. The lowest BCUT2D eigenvalue weighted by Crippen LogP contribution is -2.62. The van der Waals surface area contributed by atoms with Crippen molar-refractivity contribution in [2.75, 3.05) is 13.1 Å². The fourth-order valence-corrected chi connectivity index (χ4v) is 6.29. The van der Waals surface area contributed by atoms with Crippen LogP contribution in [0.1, 0.15) is 170 Å².